The average Bonchev–Trinajstić information content (AvgIpc) is 2.74. The van der Waals surface area contributed by atoms with Gasteiger partial charge >= 0.3 is 6.18 Å². The molecule has 3 aromatic rings. The largest absolute Gasteiger partial charge is 0.497 e. The highest BCUT2D eigenvalue weighted by Crippen LogP contribution is 2.34. The van der Waals surface area contributed by atoms with Crippen molar-refractivity contribution < 1.29 is 22.3 Å². The molecule has 0 amide bonds. The summed E-state index contributed by atoms with van der Waals surface area (Å²) >= 11 is 0. The molecule has 0 fully saturated rings. The highest BCUT2D eigenvalue weighted by atomic mass is 19.4. The molecule has 154 valence electrons. The van der Waals surface area contributed by atoms with Crippen LogP contribution in [0.25, 0.3) is 27.6 Å². The molecule has 1 aliphatic carbocycles. The van der Waals surface area contributed by atoms with Crippen LogP contribution in [0, 0.1) is 0 Å². The molecule has 0 N–H and O–H groups in total. The van der Waals surface area contributed by atoms with Gasteiger partial charge in [-0.15, -0.1) is 0 Å². The molecule has 7 heteroatoms. The summed E-state index contributed by atoms with van der Waals surface area (Å²) in [7, 11) is 1.49. The fourth-order valence-corrected chi connectivity index (χ4v) is 3.47. The lowest BCUT2D eigenvalue weighted by molar-refractivity contribution is -0.137. The van der Waals surface area contributed by atoms with E-state index in [-0.39, 0.29) is 12.0 Å². The van der Waals surface area contributed by atoms with Crippen LogP contribution in [-0.2, 0) is 6.18 Å². The Bertz CT molecular complexity index is 1220. The first-order chi connectivity index (χ1) is 14.3. The number of fused-ring (bicyclic) bond motifs is 1. The maximum absolute atomic E-state index is 13.5. The molecule has 4 rings (SSSR count). The summed E-state index contributed by atoms with van der Waals surface area (Å²) < 4.78 is 59.0. The molecule has 0 bridgehead atoms. The van der Waals surface area contributed by atoms with Crippen molar-refractivity contribution in [3.05, 3.63) is 82.8 Å². The second-order valence-electron chi connectivity index (χ2n) is 6.94. The number of nitrogens with zero attached hydrogens (tertiary/aromatic N) is 1. The number of hydrogen-bond donors (Lipinski definition) is 0. The summed E-state index contributed by atoms with van der Waals surface area (Å²) in [5, 5.41) is 0.934. The Morgan fingerprint density at radius 2 is 1.80 bits per heavy atom. The Hall–Kier alpha value is -3.35. The second-order valence-corrected chi connectivity index (χ2v) is 6.94. The van der Waals surface area contributed by atoms with E-state index in [0.29, 0.717) is 33.3 Å². The van der Waals surface area contributed by atoms with Gasteiger partial charge in [-0.1, -0.05) is 18.2 Å². The minimum Gasteiger partial charge on any atom is -0.497 e. The third kappa shape index (κ3) is 3.63. The lowest BCUT2D eigenvalue weighted by Gasteiger charge is -2.17. The number of methoxy groups -OCH3 is 1. The Morgan fingerprint density at radius 3 is 2.40 bits per heavy atom. The highest BCUT2D eigenvalue weighted by Gasteiger charge is 2.30. The van der Waals surface area contributed by atoms with Gasteiger partial charge in [-0.05, 0) is 48.0 Å². The van der Waals surface area contributed by atoms with Crippen LogP contribution in [0.4, 0.5) is 17.6 Å². The van der Waals surface area contributed by atoms with Crippen LogP contribution in [0.2, 0.25) is 0 Å². The molecule has 3 nitrogen and oxygen atoms in total. The molecule has 1 heterocycles. The second kappa shape index (κ2) is 7.48. The Morgan fingerprint density at radius 1 is 1.07 bits per heavy atom. The SMILES string of the molecule is COc1ccc2c(=O)n(C3=CCC(F)C=C3)cc(-c3ccc(C(F)(F)F)cc3)c2c1. The fraction of sp³-hybridized carbons (Fsp3) is 0.174. The molecule has 0 saturated heterocycles. The zero-order valence-corrected chi connectivity index (χ0v) is 15.9. The number of alkyl halides is 4. The maximum atomic E-state index is 13.5. The molecule has 0 radical (unpaired) electrons. The number of rotatable bonds is 3. The third-order valence-electron chi connectivity index (χ3n) is 5.05. The Labute approximate surface area is 169 Å². The number of aromatic nitrogens is 1. The van der Waals surface area contributed by atoms with E-state index in [0.717, 1.165) is 12.1 Å². The number of halogens is 4. The normalized spacial score (nSPS) is 16.6. The molecule has 1 atom stereocenters. The van der Waals surface area contributed by atoms with Gasteiger partial charge in [-0.25, -0.2) is 4.39 Å². The number of ether oxygens (including phenoxy) is 1. The predicted octanol–water partition coefficient (Wildman–Crippen LogP) is 5.83. The zero-order chi connectivity index (χ0) is 21.5. The number of pyridine rings is 1. The number of benzene rings is 2. The van der Waals surface area contributed by atoms with E-state index in [4.69, 9.17) is 4.74 Å². The lowest BCUT2D eigenvalue weighted by Crippen LogP contribution is -2.20. The molecule has 0 aliphatic heterocycles. The van der Waals surface area contributed by atoms with Crippen molar-refractivity contribution in [3.63, 3.8) is 0 Å². The molecule has 1 aromatic heterocycles. The standard InChI is InChI=1S/C23H17F4NO2/c1-30-18-10-11-19-20(12-18)21(14-2-4-15(5-3-14)23(25,26)27)13-28(22(19)29)17-8-6-16(24)7-9-17/h2-6,8-13,16H,7H2,1H3. The highest BCUT2D eigenvalue weighted by molar-refractivity contribution is 5.97. The first-order valence-corrected chi connectivity index (χ1v) is 9.22. The summed E-state index contributed by atoms with van der Waals surface area (Å²) in [6, 6.07) is 9.69. The van der Waals surface area contributed by atoms with Crippen molar-refractivity contribution in [2.24, 2.45) is 0 Å². The van der Waals surface area contributed by atoms with Crippen LogP contribution >= 0.6 is 0 Å². The van der Waals surface area contributed by atoms with E-state index >= 15 is 0 Å². The van der Waals surface area contributed by atoms with E-state index in [1.807, 2.05) is 0 Å². The van der Waals surface area contributed by atoms with E-state index in [9.17, 15) is 22.4 Å². The third-order valence-corrected chi connectivity index (χ3v) is 5.05. The molecule has 2 aromatic carbocycles. The van der Waals surface area contributed by atoms with Crippen LogP contribution in [0.5, 0.6) is 5.75 Å². The van der Waals surface area contributed by atoms with E-state index < -0.39 is 17.9 Å². The summed E-state index contributed by atoms with van der Waals surface area (Å²) in [6.45, 7) is 0. The smallest absolute Gasteiger partial charge is 0.416 e. The molecule has 1 unspecified atom stereocenters. The first-order valence-electron chi connectivity index (χ1n) is 9.22. The minimum atomic E-state index is -4.44. The number of hydrogen-bond acceptors (Lipinski definition) is 2. The average molecular weight is 415 g/mol. The van der Waals surface area contributed by atoms with Crippen LogP contribution in [0.15, 0.2) is 71.7 Å². The molecule has 30 heavy (non-hydrogen) atoms. The van der Waals surface area contributed by atoms with E-state index in [1.54, 1.807) is 30.5 Å². The Kier molecular flexibility index (Phi) is 4.97. The van der Waals surface area contributed by atoms with Gasteiger partial charge < -0.3 is 4.74 Å². The van der Waals surface area contributed by atoms with Crippen molar-refractivity contribution in [3.8, 4) is 16.9 Å². The van der Waals surface area contributed by atoms with Gasteiger partial charge in [0.05, 0.1) is 12.7 Å². The van der Waals surface area contributed by atoms with Gasteiger partial charge in [0.1, 0.15) is 11.9 Å². The fourth-order valence-electron chi connectivity index (χ4n) is 3.47. The van der Waals surface area contributed by atoms with Gasteiger partial charge in [0.25, 0.3) is 5.56 Å². The zero-order valence-electron chi connectivity index (χ0n) is 15.9. The molecular formula is C23H17F4NO2. The van der Waals surface area contributed by atoms with Crippen LogP contribution in [0.3, 0.4) is 0 Å². The van der Waals surface area contributed by atoms with Crippen LogP contribution in [0.1, 0.15) is 12.0 Å². The summed E-state index contributed by atoms with van der Waals surface area (Å²) in [5.74, 6) is 0.518. The Balaban J connectivity index is 1.96. The van der Waals surface area contributed by atoms with Crippen molar-refractivity contribution in [1.82, 2.24) is 4.57 Å². The topological polar surface area (TPSA) is 31.2 Å². The van der Waals surface area contributed by atoms with Gasteiger partial charge in [0, 0.05) is 34.7 Å². The van der Waals surface area contributed by atoms with Crippen LogP contribution in [-0.4, -0.2) is 17.8 Å². The minimum absolute atomic E-state index is 0.147. The predicted molar refractivity (Wildman–Crippen MR) is 108 cm³/mol. The summed E-state index contributed by atoms with van der Waals surface area (Å²) in [6.07, 6.45) is 0.694. The quantitative estimate of drug-likeness (QED) is 0.504. The monoisotopic (exact) mass is 415 g/mol. The van der Waals surface area contributed by atoms with Crippen molar-refractivity contribution in [1.29, 1.82) is 0 Å². The summed E-state index contributed by atoms with van der Waals surface area (Å²) in [5.41, 5.74) is 0.525. The summed E-state index contributed by atoms with van der Waals surface area (Å²) in [4.78, 5) is 13.1. The van der Waals surface area contributed by atoms with Crippen molar-refractivity contribution >= 4 is 16.5 Å². The van der Waals surface area contributed by atoms with Crippen LogP contribution < -0.4 is 10.3 Å². The van der Waals surface area contributed by atoms with Crippen molar-refractivity contribution in [2.45, 2.75) is 18.8 Å². The molecular weight excluding hydrogens is 398 g/mol. The maximum Gasteiger partial charge on any atom is 0.416 e. The van der Waals surface area contributed by atoms with Gasteiger partial charge in [0.2, 0.25) is 0 Å². The first kappa shape index (κ1) is 19.9. The van der Waals surface area contributed by atoms with Gasteiger partial charge in [-0.3, -0.25) is 9.36 Å². The number of allylic oxidation sites excluding steroid dienone is 4. The molecule has 1 aliphatic rings. The van der Waals surface area contributed by atoms with Gasteiger partial charge in [-0.2, -0.15) is 13.2 Å². The molecule has 0 saturated carbocycles. The van der Waals surface area contributed by atoms with E-state index in [1.165, 1.54) is 36.0 Å². The molecule has 0 spiro atoms. The van der Waals surface area contributed by atoms with Gasteiger partial charge in [0.15, 0.2) is 0 Å². The van der Waals surface area contributed by atoms with Crippen molar-refractivity contribution in [2.75, 3.05) is 7.11 Å². The van der Waals surface area contributed by atoms with E-state index in [2.05, 4.69) is 0 Å². The lowest BCUT2D eigenvalue weighted by atomic mass is 9.98.